The van der Waals surface area contributed by atoms with Crippen molar-refractivity contribution in [1.29, 1.82) is 0 Å². The van der Waals surface area contributed by atoms with E-state index < -0.39 is 0 Å². The van der Waals surface area contributed by atoms with Gasteiger partial charge in [0.2, 0.25) is 0 Å². The fourth-order valence-corrected chi connectivity index (χ4v) is 3.93. The van der Waals surface area contributed by atoms with Crippen LogP contribution in [0.4, 0.5) is 4.39 Å². The Balaban J connectivity index is 1.38. The lowest BCUT2D eigenvalue weighted by molar-refractivity contribution is -0.134. The van der Waals surface area contributed by atoms with Crippen molar-refractivity contribution in [3.8, 4) is 5.75 Å². The van der Waals surface area contributed by atoms with Crippen LogP contribution >= 0.6 is 0 Å². The van der Waals surface area contributed by atoms with E-state index in [9.17, 15) is 9.18 Å². The van der Waals surface area contributed by atoms with Crippen LogP contribution < -0.4 is 4.74 Å². The van der Waals surface area contributed by atoms with Crippen molar-refractivity contribution in [2.75, 3.05) is 39.8 Å². The van der Waals surface area contributed by atoms with E-state index >= 15 is 0 Å². The SMILES string of the molecule is CN1CCc2nnc([C@@H]3CCCN(C(=O)COc4ccc(F)cc4)C3)n2CC1. The minimum atomic E-state index is -0.323. The number of likely N-dealkylation sites (N-methyl/N-ethyl adjacent to an activating group) is 1. The summed E-state index contributed by atoms with van der Waals surface area (Å²) in [6, 6.07) is 5.71. The molecule has 2 aliphatic heterocycles. The average Bonchev–Trinajstić information content (AvgIpc) is 3.04. The van der Waals surface area contributed by atoms with E-state index in [0.29, 0.717) is 12.3 Å². The number of aromatic nitrogens is 3. The van der Waals surface area contributed by atoms with E-state index in [2.05, 4.69) is 26.7 Å². The second-order valence-corrected chi connectivity index (χ2v) is 7.60. The number of amides is 1. The molecule has 150 valence electrons. The summed E-state index contributed by atoms with van der Waals surface area (Å²) in [6.45, 7) is 4.20. The summed E-state index contributed by atoms with van der Waals surface area (Å²) in [5.41, 5.74) is 0. The molecule has 28 heavy (non-hydrogen) atoms. The number of nitrogens with zero attached hydrogens (tertiary/aromatic N) is 5. The Morgan fingerprint density at radius 1 is 1.18 bits per heavy atom. The van der Waals surface area contributed by atoms with Crippen LogP contribution in [0.2, 0.25) is 0 Å². The lowest BCUT2D eigenvalue weighted by Crippen LogP contribution is -2.42. The van der Waals surface area contributed by atoms with E-state index in [-0.39, 0.29) is 24.2 Å². The fourth-order valence-electron chi connectivity index (χ4n) is 3.93. The van der Waals surface area contributed by atoms with Crippen LogP contribution in [-0.4, -0.2) is 70.3 Å². The maximum Gasteiger partial charge on any atom is 0.260 e. The molecular weight excluding hydrogens is 361 g/mol. The number of likely N-dealkylation sites (tertiary alicyclic amines) is 1. The predicted molar refractivity (Wildman–Crippen MR) is 102 cm³/mol. The smallest absolute Gasteiger partial charge is 0.260 e. The van der Waals surface area contributed by atoms with E-state index in [1.165, 1.54) is 24.3 Å². The normalized spacial score (nSPS) is 20.5. The number of rotatable bonds is 4. The van der Waals surface area contributed by atoms with Gasteiger partial charge in [-0.2, -0.15) is 0 Å². The highest BCUT2D eigenvalue weighted by Crippen LogP contribution is 2.27. The van der Waals surface area contributed by atoms with Crippen molar-refractivity contribution in [2.45, 2.75) is 31.7 Å². The molecule has 1 aromatic carbocycles. The Labute approximate surface area is 164 Å². The summed E-state index contributed by atoms with van der Waals surface area (Å²) in [6.07, 6.45) is 2.86. The number of ether oxygens (including phenoxy) is 1. The number of fused-ring (bicyclic) bond motifs is 1. The molecule has 0 aliphatic carbocycles. The summed E-state index contributed by atoms with van der Waals surface area (Å²) in [5.74, 6) is 2.37. The standard InChI is InChI=1S/C20H26FN5O2/c1-24-10-8-18-22-23-20(26(18)12-11-24)15-3-2-9-25(13-15)19(27)14-28-17-6-4-16(21)5-7-17/h4-7,15H,2-3,8-14H2,1H3/t15-/m1/s1. The molecule has 7 nitrogen and oxygen atoms in total. The van der Waals surface area contributed by atoms with Crippen molar-refractivity contribution >= 4 is 5.91 Å². The molecule has 0 unspecified atom stereocenters. The third-order valence-electron chi connectivity index (χ3n) is 5.59. The molecule has 0 spiro atoms. The largest absolute Gasteiger partial charge is 0.484 e. The van der Waals surface area contributed by atoms with Crippen LogP contribution in [-0.2, 0) is 17.8 Å². The summed E-state index contributed by atoms with van der Waals surface area (Å²) in [5, 5.41) is 8.88. The van der Waals surface area contributed by atoms with Gasteiger partial charge in [0.15, 0.2) is 6.61 Å². The topological polar surface area (TPSA) is 63.5 Å². The molecule has 1 amide bonds. The molecular formula is C20H26FN5O2. The lowest BCUT2D eigenvalue weighted by atomic mass is 9.97. The molecule has 2 aliphatic rings. The van der Waals surface area contributed by atoms with Gasteiger partial charge in [0.1, 0.15) is 23.2 Å². The Kier molecular flexibility index (Phi) is 5.57. The van der Waals surface area contributed by atoms with Crippen LogP contribution in [0.15, 0.2) is 24.3 Å². The quantitative estimate of drug-likeness (QED) is 0.799. The summed E-state index contributed by atoms with van der Waals surface area (Å²) in [7, 11) is 2.13. The molecule has 8 heteroatoms. The Morgan fingerprint density at radius 3 is 2.82 bits per heavy atom. The van der Waals surface area contributed by atoms with Gasteiger partial charge in [-0.25, -0.2) is 4.39 Å². The van der Waals surface area contributed by atoms with E-state index in [1.807, 2.05) is 4.90 Å². The van der Waals surface area contributed by atoms with Gasteiger partial charge in [0.25, 0.3) is 5.91 Å². The van der Waals surface area contributed by atoms with Crippen LogP contribution in [0.25, 0.3) is 0 Å². The highest BCUT2D eigenvalue weighted by Gasteiger charge is 2.29. The van der Waals surface area contributed by atoms with Crippen LogP contribution in [0.5, 0.6) is 5.75 Å². The van der Waals surface area contributed by atoms with Gasteiger partial charge in [-0.3, -0.25) is 4.79 Å². The van der Waals surface area contributed by atoms with Crippen molar-refractivity contribution in [2.24, 2.45) is 0 Å². The summed E-state index contributed by atoms with van der Waals surface area (Å²) >= 11 is 0. The molecule has 0 saturated carbocycles. The molecule has 1 aromatic heterocycles. The van der Waals surface area contributed by atoms with Gasteiger partial charge in [0.05, 0.1) is 0 Å². The van der Waals surface area contributed by atoms with Gasteiger partial charge in [0, 0.05) is 45.1 Å². The number of hydrogen-bond acceptors (Lipinski definition) is 5. The zero-order valence-corrected chi connectivity index (χ0v) is 16.2. The zero-order valence-electron chi connectivity index (χ0n) is 16.2. The second-order valence-electron chi connectivity index (χ2n) is 7.60. The summed E-state index contributed by atoms with van der Waals surface area (Å²) < 4.78 is 20.7. The van der Waals surface area contributed by atoms with E-state index in [0.717, 1.165) is 57.1 Å². The maximum atomic E-state index is 13.0. The van der Waals surface area contributed by atoms with E-state index in [1.54, 1.807) is 0 Å². The van der Waals surface area contributed by atoms with Crippen molar-refractivity contribution in [3.05, 3.63) is 41.7 Å². The monoisotopic (exact) mass is 387 g/mol. The van der Waals surface area contributed by atoms with Gasteiger partial charge >= 0.3 is 0 Å². The number of carbonyl (C=O) groups is 1. The van der Waals surface area contributed by atoms with Crippen molar-refractivity contribution < 1.29 is 13.9 Å². The van der Waals surface area contributed by atoms with Crippen molar-refractivity contribution in [1.82, 2.24) is 24.6 Å². The van der Waals surface area contributed by atoms with Gasteiger partial charge in [-0.05, 0) is 44.2 Å². The van der Waals surface area contributed by atoms with E-state index in [4.69, 9.17) is 4.74 Å². The Hall–Kier alpha value is -2.48. The highest BCUT2D eigenvalue weighted by molar-refractivity contribution is 5.78. The number of benzene rings is 1. The third kappa shape index (κ3) is 4.16. The molecule has 2 aromatic rings. The second kappa shape index (κ2) is 8.26. The minimum absolute atomic E-state index is 0.0406. The van der Waals surface area contributed by atoms with Crippen LogP contribution in [0, 0.1) is 5.82 Å². The molecule has 0 N–H and O–H groups in total. The van der Waals surface area contributed by atoms with Gasteiger partial charge in [-0.1, -0.05) is 0 Å². The van der Waals surface area contributed by atoms with Crippen LogP contribution in [0.1, 0.15) is 30.4 Å². The van der Waals surface area contributed by atoms with Crippen LogP contribution in [0.3, 0.4) is 0 Å². The molecule has 1 fully saturated rings. The lowest BCUT2D eigenvalue weighted by Gasteiger charge is -2.32. The van der Waals surface area contributed by atoms with Crippen molar-refractivity contribution in [3.63, 3.8) is 0 Å². The first-order valence-corrected chi connectivity index (χ1v) is 9.87. The highest BCUT2D eigenvalue weighted by atomic mass is 19.1. The molecule has 0 radical (unpaired) electrons. The zero-order chi connectivity index (χ0) is 19.5. The molecule has 0 bridgehead atoms. The first-order chi connectivity index (χ1) is 13.6. The molecule has 3 heterocycles. The average molecular weight is 387 g/mol. The number of halogens is 1. The number of piperidine rings is 1. The molecule has 4 rings (SSSR count). The maximum absolute atomic E-state index is 13.0. The third-order valence-corrected chi connectivity index (χ3v) is 5.59. The first kappa shape index (κ1) is 18.9. The minimum Gasteiger partial charge on any atom is -0.484 e. The van der Waals surface area contributed by atoms with Gasteiger partial charge < -0.3 is 19.1 Å². The Bertz CT molecular complexity index is 823. The number of carbonyl (C=O) groups excluding carboxylic acids is 1. The fraction of sp³-hybridized carbons (Fsp3) is 0.550. The first-order valence-electron chi connectivity index (χ1n) is 9.87. The predicted octanol–water partition coefficient (Wildman–Crippen LogP) is 1.69. The molecule has 1 atom stereocenters. The van der Waals surface area contributed by atoms with Gasteiger partial charge in [-0.15, -0.1) is 10.2 Å². The number of hydrogen-bond donors (Lipinski definition) is 0. The summed E-state index contributed by atoms with van der Waals surface area (Å²) in [4.78, 5) is 16.8. The Morgan fingerprint density at radius 2 is 2.00 bits per heavy atom. The molecule has 1 saturated heterocycles.